The van der Waals surface area contributed by atoms with Crippen LogP contribution in [0.5, 0.6) is 0 Å². The number of carboxylic acids is 2. The second-order valence-electron chi connectivity index (χ2n) is 5.63. The van der Waals surface area contributed by atoms with E-state index >= 15 is 0 Å². The fraction of sp³-hybridized carbons (Fsp3) is 0. The van der Waals surface area contributed by atoms with Crippen molar-refractivity contribution in [2.75, 3.05) is 5.73 Å². The third kappa shape index (κ3) is 3.04. The first-order valence-electron chi connectivity index (χ1n) is 7.69. The number of aromatic carboxylic acids is 2. The Bertz CT molecular complexity index is 1140. The number of benzene rings is 2. The molecule has 8 heteroatoms. The van der Waals surface area contributed by atoms with Crippen molar-refractivity contribution in [1.82, 2.24) is 4.98 Å². The number of carbonyl (C=O) groups is 2. The monoisotopic (exact) mass is 368 g/mol. The van der Waals surface area contributed by atoms with E-state index < -0.39 is 40.3 Å². The van der Waals surface area contributed by atoms with Crippen LogP contribution in [0.15, 0.2) is 53.3 Å². The van der Waals surface area contributed by atoms with Gasteiger partial charge in [-0.1, -0.05) is 42.5 Å². The zero-order valence-electron chi connectivity index (χ0n) is 13.7. The molecule has 0 aliphatic carbocycles. The van der Waals surface area contributed by atoms with Crippen LogP contribution in [-0.2, 0) is 0 Å². The molecule has 136 valence electrons. The first-order chi connectivity index (χ1) is 12.8. The summed E-state index contributed by atoms with van der Waals surface area (Å²) >= 11 is 0. The number of rotatable bonds is 4. The molecule has 0 saturated carbocycles. The van der Waals surface area contributed by atoms with Crippen LogP contribution in [0, 0.1) is 5.82 Å². The van der Waals surface area contributed by atoms with Crippen molar-refractivity contribution >= 4 is 17.8 Å². The number of nitrogens with one attached hydrogen (secondary N) is 1. The predicted octanol–water partition coefficient (Wildman–Crippen LogP) is 2.83. The van der Waals surface area contributed by atoms with Gasteiger partial charge in [0.15, 0.2) is 0 Å². The SMILES string of the molecule is Nc1[nH]c(=O)c(C(=O)O)c(-c2ccccc2-c2ccccc2F)c1C(=O)O. The normalized spacial score (nSPS) is 10.6. The minimum absolute atomic E-state index is 0.0650. The Morgan fingerprint density at radius 2 is 1.37 bits per heavy atom. The number of aromatic nitrogens is 1. The smallest absolute Gasteiger partial charge is 0.342 e. The Kier molecular flexibility index (Phi) is 4.47. The average molecular weight is 368 g/mol. The van der Waals surface area contributed by atoms with Crippen LogP contribution in [0.1, 0.15) is 20.7 Å². The molecule has 2 aromatic carbocycles. The van der Waals surface area contributed by atoms with Crippen molar-refractivity contribution in [3.63, 3.8) is 0 Å². The molecule has 0 saturated heterocycles. The number of anilines is 1. The highest BCUT2D eigenvalue weighted by Crippen LogP contribution is 2.37. The molecule has 0 spiro atoms. The topological polar surface area (TPSA) is 133 Å². The molecule has 0 aliphatic heterocycles. The highest BCUT2D eigenvalue weighted by atomic mass is 19.1. The van der Waals surface area contributed by atoms with E-state index in [1.54, 1.807) is 12.1 Å². The van der Waals surface area contributed by atoms with Crippen LogP contribution in [0.4, 0.5) is 10.2 Å². The summed E-state index contributed by atoms with van der Waals surface area (Å²) in [6.45, 7) is 0. The van der Waals surface area contributed by atoms with Gasteiger partial charge in [0.2, 0.25) is 0 Å². The molecular weight excluding hydrogens is 355 g/mol. The maximum atomic E-state index is 14.3. The molecule has 7 nitrogen and oxygen atoms in total. The number of carboxylic acid groups (broad SMARTS) is 2. The number of nitrogen functional groups attached to an aromatic ring is 1. The van der Waals surface area contributed by atoms with Crippen molar-refractivity contribution < 1.29 is 24.2 Å². The fourth-order valence-corrected chi connectivity index (χ4v) is 2.93. The van der Waals surface area contributed by atoms with Crippen molar-refractivity contribution in [3.8, 4) is 22.3 Å². The first-order valence-corrected chi connectivity index (χ1v) is 7.69. The molecule has 0 radical (unpaired) electrons. The summed E-state index contributed by atoms with van der Waals surface area (Å²) in [5.74, 6) is -4.23. The van der Waals surface area contributed by atoms with Gasteiger partial charge in [0, 0.05) is 11.1 Å². The molecule has 5 N–H and O–H groups in total. The number of halogens is 1. The van der Waals surface area contributed by atoms with Crippen LogP contribution in [0.25, 0.3) is 22.3 Å². The van der Waals surface area contributed by atoms with Gasteiger partial charge in [-0.05, 0) is 17.2 Å². The minimum atomic E-state index is -1.63. The molecule has 3 aromatic rings. The van der Waals surface area contributed by atoms with E-state index in [-0.39, 0.29) is 22.3 Å². The summed E-state index contributed by atoms with van der Waals surface area (Å²) in [6.07, 6.45) is 0. The van der Waals surface area contributed by atoms with E-state index in [4.69, 9.17) is 5.73 Å². The van der Waals surface area contributed by atoms with Crippen molar-refractivity contribution in [1.29, 1.82) is 0 Å². The van der Waals surface area contributed by atoms with Gasteiger partial charge in [-0.3, -0.25) is 4.79 Å². The largest absolute Gasteiger partial charge is 0.478 e. The number of pyridine rings is 1. The highest BCUT2D eigenvalue weighted by Gasteiger charge is 2.28. The van der Waals surface area contributed by atoms with Gasteiger partial charge < -0.3 is 20.9 Å². The summed E-state index contributed by atoms with van der Waals surface area (Å²) < 4.78 is 14.3. The van der Waals surface area contributed by atoms with Crippen molar-refractivity contribution in [2.45, 2.75) is 0 Å². The van der Waals surface area contributed by atoms with Gasteiger partial charge in [0.25, 0.3) is 5.56 Å². The lowest BCUT2D eigenvalue weighted by molar-refractivity contribution is 0.0695. The van der Waals surface area contributed by atoms with Crippen LogP contribution in [0.2, 0.25) is 0 Å². The van der Waals surface area contributed by atoms with Crippen molar-refractivity contribution in [2.24, 2.45) is 0 Å². The molecule has 0 unspecified atom stereocenters. The highest BCUT2D eigenvalue weighted by molar-refractivity contribution is 6.09. The molecule has 0 fully saturated rings. The van der Waals surface area contributed by atoms with Gasteiger partial charge in [-0.15, -0.1) is 0 Å². The maximum Gasteiger partial charge on any atom is 0.342 e. The van der Waals surface area contributed by atoms with E-state index in [1.165, 1.54) is 36.4 Å². The van der Waals surface area contributed by atoms with E-state index in [0.29, 0.717) is 0 Å². The van der Waals surface area contributed by atoms with E-state index in [9.17, 15) is 29.0 Å². The second kappa shape index (κ2) is 6.75. The number of hydrogen-bond donors (Lipinski definition) is 4. The standard InChI is InChI=1S/C19H13FN2O5/c20-12-8-4-3-6-10(12)9-5-1-2-7-11(9)13-14(18(24)25)16(21)22-17(23)15(13)19(26)27/h1-8H,(H,24,25)(H,26,27)(H3,21,22,23). The van der Waals surface area contributed by atoms with Crippen LogP contribution in [-0.4, -0.2) is 27.1 Å². The fourth-order valence-electron chi connectivity index (χ4n) is 2.93. The van der Waals surface area contributed by atoms with Gasteiger partial charge in [-0.25, -0.2) is 14.0 Å². The lowest BCUT2D eigenvalue weighted by Gasteiger charge is -2.16. The van der Waals surface area contributed by atoms with Crippen LogP contribution in [0.3, 0.4) is 0 Å². The molecule has 0 atom stereocenters. The van der Waals surface area contributed by atoms with Crippen LogP contribution < -0.4 is 11.3 Å². The predicted molar refractivity (Wildman–Crippen MR) is 96.2 cm³/mol. The summed E-state index contributed by atoms with van der Waals surface area (Å²) in [5.41, 5.74) is 3.27. The zero-order chi connectivity index (χ0) is 19.7. The van der Waals surface area contributed by atoms with Gasteiger partial charge >= 0.3 is 11.9 Å². The number of H-pyrrole nitrogens is 1. The molecule has 27 heavy (non-hydrogen) atoms. The number of nitrogens with two attached hydrogens (primary N) is 1. The summed E-state index contributed by atoms with van der Waals surface area (Å²) in [7, 11) is 0. The van der Waals surface area contributed by atoms with E-state index in [0.717, 1.165) is 0 Å². The Balaban J connectivity index is 2.50. The summed E-state index contributed by atoms with van der Waals surface area (Å²) in [4.78, 5) is 37.7. The molecule has 3 rings (SSSR count). The molecule has 1 aromatic heterocycles. The Hall–Kier alpha value is -3.94. The molecule has 0 bridgehead atoms. The lowest BCUT2D eigenvalue weighted by atomic mass is 9.89. The molecule has 1 heterocycles. The minimum Gasteiger partial charge on any atom is -0.478 e. The van der Waals surface area contributed by atoms with Gasteiger partial charge in [0.1, 0.15) is 22.8 Å². The quantitative estimate of drug-likeness (QED) is 0.559. The molecule has 0 aliphatic rings. The van der Waals surface area contributed by atoms with E-state index in [2.05, 4.69) is 0 Å². The number of hydrogen-bond acceptors (Lipinski definition) is 4. The van der Waals surface area contributed by atoms with Gasteiger partial charge in [0.05, 0.1) is 0 Å². The Morgan fingerprint density at radius 3 is 1.93 bits per heavy atom. The summed E-state index contributed by atoms with van der Waals surface area (Å²) in [6, 6.07) is 11.8. The Labute approximate surface area is 151 Å². The van der Waals surface area contributed by atoms with Crippen LogP contribution >= 0.6 is 0 Å². The average Bonchev–Trinajstić information content (AvgIpc) is 2.60. The Morgan fingerprint density at radius 1 is 0.852 bits per heavy atom. The van der Waals surface area contributed by atoms with E-state index in [1.807, 2.05) is 4.98 Å². The van der Waals surface area contributed by atoms with Crippen molar-refractivity contribution in [3.05, 3.63) is 75.8 Å². The lowest BCUT2D eigenvalue weighted by Crippen LogP contribution is -2.24. The second-order valence-corrected chi connectivity index (χ2v) is 5.63. The van der Waals surface area contributed by atoms with Gasteiger partial charge in [-0.2, -0.15) is 0 Å². The first kappa shape index (κ1) is 17.9. The maximum absolute atomic E-state index is 14.3. The third-order valence-corrected chi connectivity index (χ3v) is 4.03. The zero-order valence-corrected chi connectivity index (χ0v) is 13.7. The molecular formula is C19H13FN2O5. The number of aromatic amines is 1. The third-order valence-electron chi connectivity index (χ3n) is 4.03. The molecule has 0 amide bonds. The summed E-state index contributed by atoms with van der Waals surface area (Å²) in [5, 5.41) is 19.0.